The van der Waals surface area contributed by atoms with E-state index in [-0.39, 0.29) is 12.1 Å². The standard InChI is InChI=1S/C24H24N4O2S/c1-14-12-19(16(3)28(14)18-9-7-17(8-10-18)23(29)30)22-21(20-6-4-5-11-25-20)26-24-27(22)13-15(2)31-24/h4-12,15,21-22H,13H2,1-3H3,(H,29,30)/t15-,21+,22-/m0/s1. The van der Waals surface area contributed by atoms with Crippen LogP contribution in [0.2, 0.25) is 0 Å². The highest BCUT2D eigenvalue weighted by molar-refractivity contribution is 8.14. The predicted octanol–water partition coefficient (Wildman–Crippen LogP) is 4.78. The minimum absolute atomic E-state index is 0.0421. The van der Waals surface area contributed by atoms with E-state index in [0.717, 1.165) is 34.5 Å². The Labute approximate surface area is 185 Å². The molecule has 3 aromatic rings. The fourth-order valence-electron chi connectivity index (χ4n) is 4.69. The highest BCUT2D eigenvalue weighted by Gasteiger charge is 2.44. The Hall–Kier alpha value is -3.06. The number of nitrogens with zero attached hydrogens (tertiary/aromatic N) is 4. The van der Waals surface area contributed by atoms with Crippen LogP contribution in [0.5, 0.6) is 0 Å². The molecule has 6 nitrogen and oxygen atoms in total. The first-order valence-electron chi connectivity index (χ1n) is 10.4. The Balaban J connectivity index is 1.59. The summed E-state index contributed by atoms with van der Waals surface area (Å²) in [6.07, 6.45) is 1.83. The van der Waals surface area contributed by atoms with Crippen LogP contribution in [0.1, 0.15) is 52.0 Å². The van der Waals surface area contributed by atoms with Gasteiger partial charge < -0.3 is 14.6 Å². The number of carboxylic acid groups (broad SMARTS) is 1. The highest BCUT2D eigenvalue weighted by atomic mass is 32.2. The zero-order valence-corrected chi connectivity index (χ0v) is 18.5. The predicted molar refractivity (Wildman–Crippen MR) is 123 cm³/mol. The third-order valence-corrected chi connectivity index (χ3v) is 7.14. The number of fused-ring (bicyclic) bond motifs is 1. The summed E-state index contributed by atoms with van der Waals surface area (Å²) in [5, 5.41) is 10.8. The number of hydrogen-bond donors (Lipinski definition) is 1. The zero-order chi connectivity index (χ0) is 21.7. The van der Waals surface area contributed by atoms with Gasteiger partial charge in [-0.15, -0.1) is 0 Å². The number of amidine groups is 1. The molecule has 5 rings (SSSR count). The van der Waals surface area contributed by atoms with Crippen molar-refractivity contribution < 1.29 is 9.90 Å². The van der Waals surface area contributed by atoms with Crippen molar-refractivity contribution >= 4 is 22.9 Å². The molecule has 2 aliphatic heterocycles. The molecular weight excluding hydrogens is 408 g/mol. The summed E-state index contributed by atoms with van der Waals surface area (Å²) < 4.78 is 2.20. The molecule has 0 radical (unpaired) electrons. The van der Waals surface area contributed by atoms with Gasteiger partial charge in [0, 0.05) is 35.1 Å². The Morgan fingerprint density at radius 2 is 1.94 bits per heavy atom. The van der Waals surface area contributed by atoms with E-state index in [4.69, 9.17) is 4.99 Å². The highest BCUT2D eigenvalue weighted by Crippen LogP contribution is 2.48. The second-order valence-corrected chi connectivity index (χ2v) is 9.56. The van der Waals surface area contributed by atoms with E-state index in [1.54, 1.807) is 12.1 Å². The van der Waals surface area contributed by atoms with Gasteiger partial charge in [-0.2, -0.15) is 0 Å². The summed E-state index contributed by atoms with van der Waals surface area (Å²) >= 11 is 1.84. The maximum absolute atomic E-state index is 11.2. The van der Waals surface area contributed by atoms with E-state index in [9.17, 15) is 9.90 Å². The van der Waals surface area contributed by atoms with E-state index in [1.165, 1.54) is 5.56 Å². The molecule has 0 amide bonds. The lowest BCUT2D eigenvalue weighted by Gasteiger charge is -2.27. The van der Waals surface area contributed by atoms with Gasteiger partial charge in [-0.05, 0) is 61.9 Å². The molecule has 0 bridgehead atoms. The van der Waals surface area contributed by atoms with Crippen molar-refractivity contribution in [2.75, 3.05) is 6.54 Å². The van der Waals surface area contributed by atoms with E-state index in [1.807, 2.05) is 42.2 Å². The van der Waals surface area contributed by atoms with Gasteiger partial charge in [0.2, 0.25) is 0 Å². The van der Waals surface area contributed by atoms with Crippen molar-refractivity contribution in [3.8, 4) is 5.69 Å². The monoisotopic (exact) mass is 432 g/mol. The average Bonchev–Trinajstić information content (AvgIpc) is 3.38. The van der Waals surface area contributed by atoms with Crippen molar-refractivity contribution in [2.45, 2.75) is 38.1 Å². The molecule has 0 spiro atoms. The summed E-state index contributed by atoms with van der Waals surface area (Å²) in [5.41, 5.74) is 5.74. The first-order chi connectivity index (χ1) is 14.9. The average molecular weight is 433 g/mol. The molecule has 0 saturated carbocycles. The van der Waals surface area contributed by atoms with Gasteiger partial charge in [-0.1, -0.05) is 24.8 Å². The van der Waals surface area contributed by atoms with Crippen LogP contribution in [0, 0.1) is 13.8 Å². The third-order valence-electron chi connectivity index (χ3n) is 6.04. The minimum atomic E-state index is -0.914. The van der Waals surface area contributed by atoms with Gasteiger partial charge in [0.15, 0.2) is 5.17 Å². The SMILES string of the molecule is Cc1cc([C@H]2[C@@H](c3ccccn3)N=C3S[C@@H](C)CN32)c(C)n1-c1ccc(C(=O)O)cc1. The maximum Gasteiger partial charge on any atom is 0.335 e. The number of carbonyl (C=O) groups is 1. The molecule has 4 heterocycles. The number of aryl methyl sites for hydroxylation is 1. The second-order valence-electron chi connectivity index (χ2n) is 8.15. The molecule has 158 valence electrons. The third kappa shape index (κ3) is 3.33. The van der Waals surface area contributed by atoms with Crippen molar-refractivity contribution in [2.24, 2.45) is 4.99 Å². The number of benzene rings is 1. The van der Waals surface area contributed by atoms with E-state index in [2.05, 4.69) is 47.4 Å². The first-order valence-corrected chi connectivity index (χ1v) is 11.3. The molecule has 0 unspecified atom stereocenters. The van der Waals surface area contributed by atoms with Crippen molar-refractivity contribution in [3.05, 3.63) is 82.9 Å². The van der Waals surface area contributed by atoms with Crippen LogP contribution in [0.4, 0.5) is 0 Å². The largest absolute Gasteiger partial charge is 0.478 e. The van der Waals surface area contributed by atoms with Crippen LogP contribution in [-0.2, 0) is 0 Å². The Bertz CT molecular complexity index is 1170. The lowest BCUT2D eigenvalue weighted by atomic mass is 9.96. The van der Waals surface area contributed by atoms with Crippen molar-refractivity contribution in [1.82, 2.24) is 14.5 Å². The number of aliphatic imine (C=N–C) groups is 1. The molecule has 1 fully saturated rings. The van der Waals surface area contributed by atoms with Gasteiger partial charge >= 0.3 is 5.97 Å². The number of pyridine rings is 1. The molecule has 1 N–H and O–H groups in total. The van der Waals surface area contributed by atoms with E-state index >= 15 is 0 Å². The quantitative estimate of drug-likeness (QED) is 0.643. The summed E-state index contributed by atoms with van der Waals surface area (Å²) in [6, 6.07) is 15.4. The molecule has 2 aromatic heterocycles. The lowest BCUT2D eigenvalue weighted by molar-refractivity contribution is 0.0697. The van der Waals surface area contributed by atoms with E-state index in [0.29, 0.717) is 10.8 Å². The summed E-state index contributed by atoms with van der Waals surface area (Å²) in [6.45, 7) is 7.43. The molecular formula is C24H24N4O2S. The summed E-state index contributed by atoms with van der Waals surface area (Å²) in [4.78, 5) is 23.4. The van der Waals surface area contributed by atoms with Gasteiger partial charge in [-0.3, -0.25) is 9.98 Å². The minimum Gasteiger partial charge on any atom is -0.478 e. The number of aromatic nitrogens is 2. The fraction of sp³-hybridized carbons (Fsp3) is 0.292. The number of thioether (sulfide) groups is 1. The van der Waals surface area contributed by atoms with Crippen LogP contribution in [0.25, 0.3) is 5.69 Å². The lowest BCUT2D eigenvalue weighted by Crippen LogP contribution is -2.28. The Morgan fingerprint density at radius 3 is 2.61 bits per heavy atom. The number of aromatic carboxylic acids is 1. The maximum atomic E-state index is 11.2. The summed E-state index contributed by atoms with van der Waals surface area (Å²) in [5.74, 6) is -0.914. The van der Waals surface area contributed by atoms with Crippen LogP contribution < -0.4 is 0 Å². The number of hydrogen-bond acceptors (Lipinski definition) is 5. The van der Waals surface area contributed by atoms with Crippen molar-refractivity contribution in [1.29, 1.82) is 0 Å². The van der Waals surface area contributed by atoms with Crippen LogP contribution >= 0.6 is 11.8 Å². The number of rotatable bonds is 4. The topological polar surface area (TPSA) is 70.7 Å². The molecule has 0 aliphatic carbocycles. The fourth-order valence-corrected chi connectivity index (χ4v) is 5.78. The molecule has 31 heavy (non-hydrogen) atoms. The zero-order valence-electron chi connectivity index (χ0n) is 17.7. The van der Waals surface area contributed by atoms with Gasteiger partial charge in [0.05, 0.1) is 17.3 Å². The molecule has 2 aliphatic rings. The van der Waals surface area contributed by atoms with Gasteiger partial charge in [0.25, 0.3) is 0 Å². The normalized spacial score (nSPS) is 22.5. The van der Waals surface area contributed by atoms with Crippen LogP contribution in [0.15, 0.2) is 59.7 Å². The molecule has 1 saturated heterocycles. The van der Waals surface area contributed by atoms with Gasteiger partial charge in [0.1, 0.15) is 6.04 Å². The molecule has 7 heteroatoms. The number of carboxylic acids is 1. The smallest absolute Gasteiger partial charge is 0.335 e. The molecule has 1 aromatic carbocycles. The van der Waals surface area contributed by atoms with Crippen molar-refractivity contribution in [3.63, 3.8) is 0 Å². The second kappa shape index (κ2) is 7.57. The van der Waals surface area contributed by atoms with Crippen LogP contribution in [0.3, 0.4) is 0 Å². The van der Waals surface area contributed by atoms with E-state index < -0.39 is 5.97 Å². The van der Waals surface area contributed by atoms with Crippen LogP contribution in [-0.4, -0.2) is 42.5 Å². The molecule has 3 atom stereocenters. The Morgan fingerprint density at radius 1 is 1.16 bits per heavy atom. The first kappa shape index (κ1) is 19.9. The summed E-state index contributed by atoms with van der Waals surface area (Å²) in [7, 11) is 0. The Kier molecular flexibility index (Phi) is 4.85. The van der Waals surface area contributed by atoms with Gasteiger partial charge in [-0.25, -0.2) is 4.79 Å².